The molecule has 0 saturated carbocycles. The van der Waals surface area contributed by atoms with Gasteiger partial charge in [-0.15, -0.1) is 0 Å². The van der Waals surface area contributed by atoms with Crippen LogP contribution in [0.15, 0.2) is 47.3 Å². The highest BCUT2D eigenvalue weighted by Crippen LogP contribution is 2.32. The third kappa shape index (κ3) is 6.31. The first-order valence-corrected chi connectivity index (χ1v) is 10.1. The third-order valence-corrected chi connectivity index (χ3v) is 5.31. The largest absolute Gasteiger partial charge is 0.490 e. The molecule has 4 rings (SSSR count). The van der Waals surface area contributed by atoms with Crippen molar-refractivity contribution in [3.05, 3.63) is 54.2 Å². The fourth-order valence-corrected chi connectivity index (χ4v) is 3.76. The van der Waals surface area contributed by atoms with Gasteiger partial charge in [-0.3, -0.25) is 14.6 Å². The molecule has 0 radical (unpaired) electrons. The molecule has 0 unspecified atom stereocenters. The zero-order valence-corrected chi connectivity index (χ0v) is 17.3. The summed E-state index contributed by atoms with van der Waals surface area (Å²) < 4.78 is 42.8. The molecule has 2 amide bonds. The van der Waals surface area contributed by atoms with Crippen molar-refractivity contribution in [2.24, 2.45) is 5.92 Å². The van der Waals surface area contributed by atoms with E-state index in [1.54, 1.807) is 41.8 Å². The Morgan fingerprint density at radius 3 is 2.61 bits per heavy atom. The molecule has 12 heteroatoms. The Hall–Kier alpha value is -3.41. The molecule has 2 aromatic rings. The highest BCUT2D eigenvalue weighted by molar-refractivity contribution is 5.94. The summed E-state index contributed by atoms with van der Waals surface area (Å²) in [5.74, 6) is -2.54. The number of carbonyl (C=O) groups is 3. The number of ether oxygens (including phenoxy) is 1. The second kappa shape index (κ2) is 10.5. The number of likely N-dealkylation sites (tertiary alicyclic amines) is 1. The first-order chi connectivity index (χ1) is 15.7. The van der Waals surface area contributed by atoms with Gasteiger partial charge in [0, 0.05) is 25.5 Å². The highest BCUT2D eigenvalue weighted by Gasteiger charge is 2.44. The van der Waals surface area contributed by atoms with Gasteiger partial charge in [0.2, 0.25) is 5.91 Å². The lowest BCUT2D eigenvalue weighted by atomic mass is 9.89. The summed E-state index contributed by atoms with van der Waals surface area (Å²) in [5.41, 5.74) is 0.537. The normalized spacial score (nSPS) is 22.0. The van der Waals surface area contributed by atoms with Gasteiger partial charge >= 0.3 is 12.1 Å². The van der Waals surface area contributed by atoms with Crippen LogP contribution in [0.1, 0.15) is 29.0 Å². The number of amides is 2. The van der Waals surface area contributed by atoms with Crippen LogP contribution in [0, 0.1) is 5.92 Å². The molecule has 2 N–H and O–H groups in total. The predicted molar refractivity (Wildman–Crippen MR) is 106 cm³/mol. The predicted octanol–water partition coefficient (Wildman–Crippen LogP) is 2.24. The topological polar surface area (TPSA) is 122 Å². The maximum Gasteiger partial charge on any atom is 0.490 e. The van der Waals surface area contributed by atoms with Crippen molar-refractivity contribution in [3.63, 3.8) is 0 Å². The van der Waals surface area contributed by atoms with E-state index in [0.717, 1.165) is 6.42 Å². The van der Waals surface area contributed by atoms with E-state index < -0.39 is 12.1 Å². The van der Waals surface area contributed by atoms with Crippen molar-refractivity contribution in [3.8, 4) is 0 Å². The number of piperidine rings is 1. The van der Waals surface area contributed by atoms with E-state index >= 15 is 0 Å². The zero-order chi connectivity index (χ0) is 24.0. The minimum absolute atomic E-state index is 0.0248. The van der Waals surface area contributed by atoms with Crippen LogP contribution in [0.3, 0.4) is 0 Å². The summed E-state index contributed by atoms with van der Waals surface area (Å²) in [7, 11) is 0. The molecule has 3 atom stereocenters. The smallest absolute Gasteiger partial charge is 0.475 e. The average molecular weight is 469 g/mol. The van der Waals surface area contributed by atoms with E-state index in [9.17, 15) is 22.8 Å². The number of carboxylic acids is 1. The van der Waals surface area contributed by atoms with Crippen LogP contribution < -0.4 is 5.32 Å². The van der Waals surface area contributed by atoms with Crippen molar-refractivity contribution in [2.75, 3.05) is 13.2 Å². The lowest BCUT2D eigenvalue weighted by Crippen LogP contribution is -2.55. The number of halogens is 3. The first kappa shape index (κ1) is 24.2. The van der Waals surface area contributed by atoms with Crippen LogP contribution in [0.2, 0.25) is 0 Å². The first-order valence-electron chi connectivity index (χ1n) is 10.1. The summed E-state index contributed by atoms with van der Waals surface area (Å²) >= 11 is 0. The number of nitrogens with zero attached hydrogens (tertiary/aromatic N) is 2. The van der Waals surface area contributed by atoms with E-state index in [-0.39, 0.29) is 29.9 Å². The van der Waals surface area contributed by atoms with Gasteiger partial charge < -0.3 is 24.5 Å². The molecule has 2 saturated heterocycles. The Bertz CT molecular complexity index is 952. The number of carbonyl (C=O) groups excluding carboxylic acids is 2. The van der Waals surface area contributed by atoms with Gasteiger partial charge in [0.05, 0.1) is 36.4 Å². The Morgan fingerprint density at radius 2 is 2.00 bits per heavy atom. The van der Waals surface area contributed by atoms with E-state index in [1.807, 2.05) is 6.07 Å². The molecule has 2 aliphatic heterocycles. The molecule has 9 nitrogen and oxygen atoms in total. The number of rotatable bonds is 4. The van der Waals surface area contributed by atoms with Gasteiger partial charge in [-0.1, -0.05) is 0 Å². The van der Waals surface area contributed by atoms with Gasteiger partial charge in [-0.2, -0.15) is 13.2 Å². The molecule has 0 aliphatic carbocycles. The molecular weight excluding hydrogens is 447 g/mol. The number of hydrogen-bond donors (Lipinski definition) is 2. The van der Waals surface area contributed by atoms with Crippen molar-refractivity contribution in [1.82, 2.24) is 15.2 Å². The number of fused-ring (bicyclic) bond motifs is 1. The minimum Gasteiger partial charge on any atom is -0.475 e. The van der Waals surface area contributed by atoms with Crippen molar-refractivity contribution >= 4 is 17.8 Å². The minimum atomic E-state index is -5.08. The Kier molecular flexibility index (Phi) is 7.69. The lowest BCUT2D eigenvalue weighted by Gasteiger charge is -2.40. The number of nitrogens with one attached hydrogen (secondary N) is 1. The van der Waals surface area contributed by atoms with Crippen LogP contribution in [0.5, 0.6) is 0 Å². The van der Waals surface area contributed by atoms with Crippen LogP contribution >= 0.6 is 0 Å². The molecule has 2 aromatic heterocycles. The number of carboxylic acid groups (broad SMARTS) is 1. The summed E-state index contributed by atoms with van der Waals surface area (Å²) in [4.78, 5) is 40.3. The second-order valence-corrected chi connectivity index (χ2v) is 7.50. The number of hydrogen-bond acceptors (Lipinski definition) is 6. The number of furan rings is 1. The monoisotopic (exact) mass is 469 g/mol. The van der Waals surface area contributed by atoms with Crippen molar-refractivity contribution in [1.29, 1.82) is 0 Å². The molecule has 2 aliphatic rings. The number of aliphatic carboxylic acids is 1. The van der Waals surface area contributed by atoms with Crippen LogP contribution in [-0.4, -0.2) is 64.2 Å². The number of pyridine rings is 1. The molecule has 0 bridgehead atoms. The van der Waals surface area contributed by atoms with Crippen molar-refractivity contribution < 1.29 is 41.8 Å². The van der Waals surface area contributed by atoms with Gasteiger partial charge in [0.25, 0.3) is 5.91 Å². The average Bonchev–Trinajstić information content (AvgIpc) is 3.48. The van der Waals surface area contributed by atoms with Gasteiger partial charge in [-0.05, 0) is 37.1 Å². The fourth-order valence-electron chi connectivity index (χ4n) is 3.76. The van der Waals surface area contributed by atoms with Crippen molar-refractivity contribution in [2.45, 2.75) is 37.7 Å². The maximum absolute atomic E-state index is 12.9. The van der Waals surface area contributed by atoms with Crippen LogP contribution in [0.25, 0.3) is 0 Å². The second-order valence-electron chi connectivity index (χ2n) is 7.50. The standard InChI is InChI=1S/C19H21N3O4.C2HF3O2/c23-18(21-11-15-4-2-7-25-15)14-9-17-16(5-8-26-17)22(12-14)19(24)13-3-1-6-20-10-13;3-2(4,5)1(6)7/h1-4,6-7,10,14,16-17H,5,8-9,11-12H2,(H,21,23);(H,6,7)/t14-,16+,17+;/m0./s1. The van der Waals surface area contributed by atoms with Gasteiger partial charge in [0.15, 0.2) is 0 Å². The summed E-state index contributed by atoms with van der Waals surface area (Å²) in [6.07, 6.45) is 1.03. The van der Waals surface area contributed by atoms with E-state index in [0.29, 0.717) is 37.4 Å². The summed E-state index contributed by atoms with van der Waals surface area (Å²) in [5, 5.41) is 10.0. The fraction of sp³-hybridized carbons (Fsp3) is 0.429. The molecular formula is C21H22F3N3O6. The van der Waals surface area contributed by atoms with Crippen LogP contribution in [-0.2, 0) is 20.9 Å². The van der Waals surface area contributed by atoms with Gasteiger partial charge in [-0.25, -0.2) is 4.79 Å². The summed E-state index contributed by atoms with van der Waals surface area (Å²) in [6.45, 7) is 1.35. The van der Waals surface area contributed by atoms with E-state index in [2.05, 4.69) is 10.3 Å². The molecule has 2 fully saturated rings. The Labute approximate surface area is 186 Å². The zero-order valence-electron chi connectivity index (χ0n) is 17.3. The van der Waals surface area contributed by atoms with Gasteiger partial charge in [0.1, 0.15) is 5.76 Å². The highest BCUT2D eigenvalue weighted by atomic mass is 19.4. The molecule has 33 heavy (non-hydrogen) atoms. The molecule has 0 spiro atoms. The van der Waals surface area contributed by atoms with Crippen LogP contribution in [0.4, 0.5) is 13.2 Å². The maximum atomic E-state index is 12.9. The lowest BCUT2D eigenvalue weighted by molar-refractivity contribution is -0.192. The quantitative estimate of drug-likeness (QED) is 0.704. The SMILES string of the molecule is O=C(NCc1ccco1)[C@H]1C[C@H]2OCC[C@H]2N(C(=O)c2cccnc2)C1.O=C(O)C(F)(F)F. The van der Waals surface area contributed by atoms with E-state index in [4.69, 9.17) is 19.1 Å². The Morgan fingerprint density at radius 1 is 1.24 bits per heavy atom. The Balaban J connectivity index is 0.000000383. The van der Waals surface area contributed by atoms with E-state index in [1.165, 1.54) is 0 Å². The molecule has 178 valence electrons. The summed E-state index contributed by atoms with van der Waals surface area (Å²) in [6, 6.07) is 7.12. The number of alkyl halides is 3. The third-order valence-electron chi connectivity index (χ3n) is 5.31. The molecule has 4 heterocycles. The number of aromatic nitrogens is 1. The molecule has 0 aromatic carbocycles.